The van der Waals surface area contributed by atoms with Gasteiger partial charge in [-0.1, -0.05) is 46.3 Å². The third-order valence-corrected chi connectivity index (χ3v) is 4.32. The standard InChI is InChI=1S/C19H20BrNO4/c1-24-18(22)11-6-12-21-19(23)15-8-3-5-10-17(15)25-13-14-7-2-4-9-16(14)20/h2-5,7-10H,6,11-13H2,1H3,(H,21,23). The first-order valence-corrected chi connectivity index (χ1v) is 8.71. The molecule has 0 aliphatic heterocycles. The summed E-state index contributed by atoms with van der Waals surface area (Å²) in [6.07, 6.45) is 0.801. The van der Waals surface area contributed by atoms with Crippen molar-refractivity contribution in [3.63, 3.8) is 0 Å². The third-order valence-electron chi connectivity index (χ3n) is 3.54. The first-order valence-electron chi connectivity index (χ1n) is 7.92. The van der Waals surface area contributed by atoms with Crippen LogP contribution in [0.2, 0.25) is 0 Å². The highest BCUT2D eigenvalue weighted by Gasteiger charge is 2.12. The summed E-state index contributed by atoms with van der Waals surface area (Å²) in [5, 5.41) is 2.79. The largest absolute Gasteiger partial charge is 0.488 e. The molecule has 0 spiro atoms. The maximum Gasteiger partial charge on any atom is 0.305 e. The van der Waals surface area contributed by atoms with Crippen molar-refractivity contribution >= 4 is 27.8 Å². The van der Waals surface area contributed by atoms with Gasteiger partial charge in [-0.3, -0.25) is 9.59 Å². The Morgan fingerprint density at radius 2 is 1.80 bits per heavy atom. The predicted octanol–water partition coefficient (Wildman–Crippen LogP) is 3.71. The lowest BCUT2D eigenvalue weighted by molar-refractivity contribution is -0.140. The molecule has 132 valence electrons. The summed E-state index contributed by atoms with van der Waals surface area (Å²) in [4.78, 5) is 23.4. The SMILES string of the molecule is COC(=O)CCCNC(=O)c1ccccc1OCc1ccccc1Br. The number of halogens is 1. The molecule has 0 radical (unpaired) electrons. The fourth-order valence-corrected chi connectivity index (χ4v) is 2.58. The van der Waals surface area contributed by atoms with Crippen LogP contribution in [-0.4, -0.2) is 25.5 Å². The fraction of sp³-hybridized carbons (Fsp3) is 0.263. The van der Waals surface area contributed by atoms with Crippen LogP contribution in [0, 0.1) is 0 Å². The summed E-state index contributed by atoms with van der Waals surface area (Å²) in [7, 11) is 1.35. The van der Waals surface area contributed by atoms with Crippen molar-refractivity contribution in [3.05, 3.63) is 64.1 Å². The van der Waals surface area contributed by atoms with Crippen LogP contribution in [0.5, 0.6) is 5.75 Å². The number of rotatable bonds is 8. The van der Waals surface area contributed by atoms with E-state index in [1.165, 1.54) is 7.11 Å². The molecular formula is C19H20BrNO4. The van der Waals surface area contributed by atoms with Crippen molar-refractivity contribution < 1.29 is 19.1 Å². The van der Waals surface area contributed by atoms with Crippen LogP contribution in [0.15, 0.2) is 53.0 Å². The molecular weight excluding hydrogens is 386 g/mol. The first-order chi connectivity index (χ1) is 12.1. The molecule has 5 nitrogen and oxygen atoms in total. The van der Waals surface area contributed by atoms with Gasteiger partial charge in [0.05, 0.1) is 12.7 Å². The van der Waals surface area contributed by atoms with Gasteiger partial charge in [-0.25, -0.2) is 0 Å². The van der Waals surface area contributed by atoms with Crippen molar-refractivity contribution in [3.8, 4) is 5.75 Å². The summed E-state index contributed by atoms with van der Waals surface area (Å²) in [5.74, 6) is 0.00253. The zero-order valence-corrected chi connectivity index (χ0v) is 15.5. The number of methoxy groups -OCH3 is 1. The summed E-state index contributed by atoms with van der Waals surface area (Å²) >= 11 is 3.48. The number of nitrogens with one attached hydrogen (secondary N) is 1. The molecule has 0 saturated heterocycles. The Labute approximate surface area is 155 Å². The number of esters is 1. The van der Waals surface area contributed by atoms with Gasteiger partial charge in [-0.05, 0) is 24.6 Å². The van der Waals surface area contributed by atoms with Crippen LogP contribution >= 0.6 is 15.9 Å². The van der Waals surface area contributed by atoms with Crippen molar-refractivity contribution in [2.24, 2.45) is 0 Å². The van der Waals surface area contributed by atoms with Crippen LogP contribution in [0.25, 0.3) is 0 Å². The Balaban J connectivity index is 1.94. The van der Waals surface area contributed by atoms with E-state index in [-0.39, 0.29) is 18.3 Å². The Bertz CT molecular complexity index is 733. The van der Waals surface area contributed by atoms with Crippen molar-refractivity contribution in [2.45, 2.75) is 19.4 Å². The minimum Gasteiger partial charge on any atom is -0.488 e. The molecule has 0 aromatic heterocycles. The Hall–Kier alpha value is -2.34. The van der Waals surface area contributed by atoms with E-state index in [1.807, 2.05) is 30.3 Å². The summed E-state index contributed by atoms with van der Waals surface area (Å²) in [6, 6.07) is 14.9. The highest BCUT2D eigenvalue weighted by molar-refractivity contribution is 9.10. The highest BCUT2D eigenvalue weighted by atomic mass is 79.9. The van der Waals surface area contributed by atoms with Crippen LogP contribution in [0.1, 0.15) is 28.8 Å². The molecule has 0 aliphatic rings. The minimum absolute atomic E-state index is 0.229. The average molecular weight is 406 g/mol. The van der Waals surface area contributed by atoms with Gasteiger partial charge in [0.15, 0.2) is 0 Å². The van der Waals surface area contributed by atoms with Gasteiger partial charge in [0.25, 0.3) is 5.91 Å². The van der Waals surface area contributed by atoms with Gasteiger partial charge in [0, 0.05) is 23.0 Å². The molecule has 0 aliphatic carbocycles. The number of carbonyl (C=O) groups is 2. The molecule has 0 unspecified atom stereocenters. The second-order valence-corrected chi connectivity index (χ2v) is 6.17. The molecule has 2 aromatic carbocycles. The van der Waals surface area contributed by atoms with Crippen molar-refractivity contribution in [1.29, 1.82) is 0 Å². The molecule has 6 heteroatoms. The lowest BCUT2D eigenvalue weighted by Crippen LogP contribution is -2.25. The molecule has 25 heavy (non-hydrogen) atoms. The van der Waals surface area contributed by atoms with Gasteiger partial charge < -0.3 is 14.8 Å². The second-order valence-electron chi connectivity index (χ2n) is 5.31. The van der Waals surface area contributed by atoms with Crippen LogP contribution in [-0.2, 0) is 16.1 Å². The maximum atomic E-state index is 12.3. The molecule has 1 N–H and O–H groups in total. The monoisotopic (exact) mass is 405 g/mol. The average Bonchev–Trinajstić information content (AvgIpc) is 2.64. The molecule has 1 amide bonds. The first kappa shape index (κ1) is 19.0. The smallest absolute Gasteiger partial charge is 0.305 e. The zero-order valence-electron chi connectivity index (χ0n) is 14.0. The van der Waals surface area contributed by atoms with E-state index in [0.717, 1.165) is 10.0 Å². The van der Waals surface area contributed by atoms with Crippen LogP contribution in [0.3, 0.4) is 0 Å². The summed E-state index contributed by atoms with van der Waals surface area (Å²) in [6.45, 7) is 0.751. The number of benzene rings is 2. The third kappa shape index (κ3) is 5.90. The molecule has 0 heterocycles. The van der Waals surface area contributed by atoms with Gasteiger partial charge in [0.1, 0.15) is 12.4 Å². The number of hydrogen-bond acceptors (Lipinski definition) is 4. The zero-order chi connectivity index (χ0) is 18.1. The maximum absolute atomic E-state index is 12.3. The number of amides is 1. The predicted molar refractivity (Wildman–Crippen MR) is 98.5 cm³/mol. The number of para-hydroxylation sites is 1. The second kappa shape index (κ2) is 9.84. The van der Waals surface area contributed by atoms with E-state index in [4.69, 9.17) is 4.74 Å². The Kier molecular flexibility index (Phi) is 7.47. The van der Waals surface area contributed by atoms with E-state index in [1.54, 1.807) is 18.2 Å². The molecule has 0 fully saturated rings. The van der Waals surface area contributed by atoms with Gasteiger partial charge in [-0.2, -0.15) is 0 Å². The number of hydrogen-bond donors (Lipinski definition) is 1. The fourth-order valence-electron chi connectivity index (χ4n) is 2.18. The Morgan fingerprint density at radius 1 is 1.08 bits per heavy atom. The molecule has 2 aromatic rings. The number of ether oxygens (including phenoxy) is 2. The normalized spacial score (nSPS) is 10.2. The molecule has 0 saturated carbocycles. The van der Waals surface area contributed by atoms with Crippen LogP contribution in [0.4, 0.5) is 0 Å². The van der Waals surface area contributed by atoms with Gasteiger partial charge in [0.2, 0.25) is 0 Å². The number of carbonyl (C=O) groups excluding carboxylic acids is 2. The lowest BCUT2D eigenvalue weighted by atomic mass is 10.1. The van der Waals surface area contributed by atoms with Crippen LogP contribution < -0.4 is 10.1 Å². The van der Waals surface area contributed by atoms with E-state index in [9.17, 15) is 9.59 Å². The Morgan fingerprint density at radius 3 is 2.56 bits per heavy atom. The highest BCUT2D eigenvalue weighted by Crippen LogP contribution is 2.22. The quantitative estimate of drug-likeness (QED) is 0.536. The van der Waals surface area contributed by atoms with Crippen molar-refractivity contribution in [1.82, 2.24) is 5.32 Å². The minimum atomic E-state index is -0.286. The van der Waals surface area contributed by atoms with Gasteiger partial charge in [-0.15, -0.1) is 0 Å². The van der Waals surface area contributed by atoms with E-state index >= 15 is 0 Å². The molecule has 0 bridgehead atoms. The topological polar surface area (TPSA) is 64.6 Å². The van der Waals surface area contributed by atoms with E-state index < -0.39 is 0 Å². The lowest BCUT2D eigenvalue weighted by Gasteiger charge is -2.12. The summed E-state index contributed by atoms with van der Waals surface area (Å²) < 4.78 is 11.3. The van der Waals surface area contributed by atoms with E-state index in [0.29, 0.717) is 30.9 Å². The van der Waals surface area contributed by atoms with Gasteiger partial charge >= 0.3 is 5.97 Å². The molecule has 0 atom stereocenters. The molecule has 2 rings (SSSR count). The van der Waals surface area contributed by atoms with Crippen molar-refractivity contribution in [2.75, 3.05) is 13.7 Å². The van der Waals surface area contributed by atoms with E-state index in [2.05, 4.69) is 26.0 Å². The summed E-state index contributed by atoms with van der Waals surface area (Å²) in [5.41, 5.74) is 1.46.